The van der Waals surface area contributed by atoms with Crippen LogP contribution >= 0.6 is 0 Å². The third-order valence-electron chi connectivity index (χ3n) is 7.37. The lowest BCUT2D eigenvalue weighted by Gasteiger charge is -2.34. The van der Waals surface area contributed by atoms with Gasteiger partial charge in [-0.15, -0.1) is 0 Å². The molecule has 1 heterocycles. The number of rotatable bonds is 12. The zero-order valence-corrected chi connectivity index (χ0v) is 24.3. The third-order valence-corrected chi connectivity index (χ3v) is 7.37. The first-order valence-corrected chi connectivity index (χ1v) is 14.1. The molecule has 10 nitrogen and oxygen atoms in total. The van der Waals surface area contributed by atoms with E-state index in [0.29, 0.717) is 25.1 Å². The summed E-state index contributed by atoms with van der Waals surface area (Å²) in [6.45, 7) is 8.92. The van der Waals surface area contributed by atoms with E-state index in [-0.39, 0.29) is 18.1 Å². The molecule has 0 saturated carbocycles. The number of amides is 2. The van der Waals surface area contributed by atoms with Gasteiger partial charge in [0.15, 0.2) is 11.9 Å². The molecule has 0 radical (unpaired) electrons. The van der Waals surface area contributed by atoms with Crippen LogP contribution in [0.5, 0.6) is 5.75 Å². The molecule has 4 N–H and O–H groups in total. The van der Waals surface area contributed by atoms with Crippen molar-refractivity contribution in [2.24, 2.45) is 11.8 Å². The molecular weight excluding hydrogens is 526 g/mol. The number of carboxylic acid groups (broad SMARTS) is 1. The first kappa shape index (κ1) is 31.8. The molecule has 0 spiro atoms. The van der Waals surface area contributed by atoms with E-state index in [1.165, 1.54) is 5.01 Å². The molecule has 1 fully saturated rings. The van der Waals surface area contributed by atoms with Crippen LogP contribution in [-0.4, -0.2) is 63.5 Å². The molecular formula is C31H41N3O7. The van der Waals surface area contributed by atoms with E-state index in [2.05, 4.69) is 10.7 Å². The van der Waals surface area contributed by atoms with E-state index in [0.717, 1.165) is 16.7 Å². The van der Waals surface area contributed by atoms with E-state index < -0.39 is 48.0 Å². The molecule has 0 aliphatic carbocycles. The number of carboxylic acids is 1. The lowest BCUT2D eigenvalue weighted by atomic mass is 9.88. The molecule has 0 unspecified atom stereocenters. The fourth-order valence-corrected chi connectivity index (χ4v) is 4.73. The van der Waals surface area contributed by atoms with E-state index in [1.807, 2.05) is 50.2 Å². The zero-order valence-electron chi connectivity index (χ0n) is 24.3. The number of ketones is 1. The number of Topliss-reactive ketones (excluding diaryl/α,β-unsaturated/α-hetero) is 1. The highest BCUT2D eigenvalue weighted by atomic mass is 16.5. The van der Waals surface area contributed by atoms with E-state index in [4.69, 9.17) is 4.74 Å². The van der Waals surface area contributed by atoms with Gasteiger partial charge in [0.05, 0.1) is 6.10 Å². The Bertz CT molecular complexity index is 1230. The minimum atomic E-state index is -1.03. The summed E-state index contributed by atoms with van der Waals surface area (Å²) < 4.78 is 5.88. The first-order valence-electron chi connectivity index (χ1n) is 14.1. The first-order chi connectivity index (χ1) is 19.4. The second-order valence-corrected chi connectivity index (χ2v) is 11.0. The van der Waals surface area contributed by atoms with Crippen LogP contribution in [0.3, 0.4) is 0 Å². The van der Waals surface area contributed by atoms with Crippen LogP contribution in [0.15, 0.2) is 48.5 Å². The molecule has 1 aliphatic rings. The van der Waals surface area contributed by atoms with Gasteiger partial charge in [0.1, 0.15) is 17.8 Å². The number of benzene rings is 2. The summed E-state index contributed by atoms with van der Waals surface area (Å²) in [6.07, 6.45) is -0.462. The Hall–Kier alpha value is -3.76. The molecule has 2 aromatic rings. The monoisotopic (exact) mass is 567 g/mol. The molecule has 0 bridgehead atoms. The number of aliphatic hydroxyl groups excluding tert-OH is 1. The predicted octanol–water partition coefficient (Wildman–Crippen LogP) is 3.49. The Kier molecular flexibility index (Phi) is 11.0. The molecule has 1 aliphatic heterocycles. The smallest absolute Gasteiger partial charge is 0.322 e. The van der Waals surface area contributed by atoms with Crippen molar-refractivity contribution in [2.45, 2.75) is 78.2 Å². The van der Waals surface area contributed by atoms with Gasteiger partial charge in [0, 0.05) is 18.9 Å². The van der Waals surface area contributed by atoms with Crippen LogP contribution < -0.4 is 15.5 Å². The average Bonchev–Trinajstić information content (AvgIpc) is 2.95. The van der Waals surface area contributed by atoms with Crippen molar-refractivity contribution >= 4 is 23.6 Å². The lowest BCUT2D eigenvalue weighted by molar-refractivity contribution is -0.148. The van der Waals surface area contributed by atoms with Crippen LogP contribution in [0.1, 0.15) is 65.5 Å². The van der Waals surface area contributed by atoms with Gasteiger partial charge in [0.2, 0.25) is 5.91 Å². The lowest BCUT2D eigenvalue weighted by Crippen LogP contribution is -2.59. The van der Waals surface area contributed by atoms with Crippen molar-refractivity contribution in [3.05, 3.63) is 54.1 Å². The molecule has 10 heteroatoms. The number of nitrogens with one attached hydrogen (secondary N) is 2. The zero-order chi connectivity index (χ0) is 30.3. The van der Waals surface area contributed by atoms with Gasteiger partial charge in [0.25, 0.3) is 5.91 Å². The van der Waals surface area contributed by atoms with Gasteiger partial charge in [-0.2, -0.15) is 0 Å². The van der Waals surface area contributed by atoms with Crippen molar-refractivity contribution in [1.82, 2.24) is 15.8 Å². The number of aliphatic hydroxyl groups is 1. The van der Waals surface area contributed by atoms with Crippen molar-refractivity contribution in [3.8, 4) is 16.9 Å². The third kappa shape index (κ3) is 8.61. The number of carbonyl (C=O) groups excluding carboxylic acids is 3. The molecule has 41 heavy (non-hydrogen) atoms. The fourth-order valence-electron chi connectivity index (χ4n) is 4.73. The van der Waals surface area contributed by atoms with Crippen LogP contribution in [-0.2, 0) is 19.2 Å². The van der Waals surface area contributed by atoms with Crippen LogP contribution in [0.2, 0.25) is 0 Å². The minimum Gasteiger partial charge on any atom is -0.483 e. The Morgan fingerprint density at radius 1 is 1.02 bits per heavy atom. The number of hydrogen-bond donors (Lipinski definition) is 4. The highest BCUT2D eigenvalue weighted by Gasteiger charge is 2.33. The van der Waals surface area contributed by atoms with Gasteiger partial charge in [-0.3, -0.25) is 24.2 Å². The van der Waals surface area contributed by atoms with Crippen molar-refractivity contribution < 1.29 is 34.1 Å². The molecule has 2 amide bonds. The maximum atomic E-state index is 13.1. The van der Waals surface area contributed by atoms with Gasteiger partial charge in [-0.1, -0.05) is 44.2 Å². The Morgan fingerprint density at radius 3 is 2.32 bits per heavy atom. The Balaban J connectivity index is 1.57. The van der Waals surface area contributed by atoms with Gasteiger partial charge in [-0.25, -0.2) is 5.43 Å². The predicted molar refractivity (Wildman–Crippen MR) is 154 cm³/mol. The molecule has 1 saturated heterocycles. The molecule has 5 atom stereocenters. The number of hydrazine groups is 1. The fraction of sp³-hybridized carbons (Fsp3) is 0.484. The standard InChI is InChI=1S/C31H41N3O7/c1-18(2)26(29(37)32-19(3)30(38)34-15-7-10-27(33-34)31(39)40)17-28(36)21(5)41-25-13-11-22(12-14-25)24-9-6-8-23(16-24)20(4)35/h6,8-9,11-14,16,18-21,26-27,33,35H,7,10,15,17H2,1-5H3,(H,32,37)(H,39,40)/t19-,20+,21+,26-,27-/m0/s1. The maximum absolute atomic E-state index is 13.1. The second-order valence-electron chi connectivity index (χ2n) is 11.0. The molecule has 0 aromatic heterocycles. The minimum absolute atomic E-state index is 0.0567. The van der Waals surface area contributed by atoms with Crippen molar-refractivity contribution in [1.29, 1.82) is 0 Å². The highest BCUT2D eigenvalue weighted by molar-refractivity contribution is 5.92. The number of carbonyl (C=O) groups is 4. The van der Waals surface area contributed by atoms with Crippen molar-refractivity contribution in [3.63, 3.8) is 0 Å². The van der Waals surface area contributed by atoms with Gasteiger partial charge in [-0.05, 0) is 74.4 Å². The largest absolute Gasteiger partial charge is 0.483 e. The SMILES string of the molecule is CC(C)[C@H](CC(=O)[C@@H](C)Oc1ccc(-c2cccc([C@@H](C)O)c2)cc1)C(=O)N[C@@H](C)C(=O)N1CCC[C@@H](C(=O)O)N1. The number of aliphatic carboxylic acids is 1. The highest BCUT2D eigenvalue weighted by Crippen LogP contribution is 2.26. The second kappa shape index (κ2) is 14.2. The Labute approximate surface area is 241 Å². The summed E-state index contributed by atoms with van der Waals surface area (Å²) in [6, 6.07) is 13.2. The topological polar surface area (TPSA) is 145 Å². The normalized spacial score (nSPS) is 18.2. The number of hydrogen-bond acceptors (Lipinski definition) is 7. The molecule has 2 aromatic carbocycles. The summed E-state index contributed by atoms with van der Waals surface area (Å²) in [4.78, 5) is 50.3. The van der Waals surface area contributed by atoms with E-state index in [9.17, 15) is 29.4 Å². The quantitative estimate of drug-likeness (QED) is 0.305. The van der Waals surface area contributed by atoms with Crippen LogP contribution in [0.4, 0.5) is 0 Å². The maximum Gasteiger partial charge on any atom is 0.322 e. The average molecular weight is 568 g/mol. The molecule has 222 valence electrons. The summed E-state index contributed by atoms with van der Waals surface area (Å²) in [7, 11) is 0. The van der Waals surface area contributed by atoms with Gasteiger partial charge < -0.3 is 20.3 Å². The molecule has 3 rings (SSSR count). The number of ether oxygens (including phenoxy) is 1. The summed E-state index contributed by atoms with van der Waals surface area (Å²) in [5.41, 5.74) is 5.42. The van der Waals surface area contributed by atoms with E-state index >= 15 is 0 Å². The van der Waals surface area contributed by atoms with E-state index in [1.54, 1.807) is 32.9 Å². The van der Waals surface area contributed by atoms with Crippen molar-refractivity contribution in [2.75, 3.05) is 6.54 Å². The summed E-state index contributed by atoms with van der Waals surface area (Å²) in [5, 5.41) is 23.0. The van der Waals surface area contributed by atoms with Crippen LogP contribution in [0.25, 0.3) is 11.1 Å². The summed E-state index contributed by atoms with van der Waals surface area (Å²) in [5.74, 6) is -2.46. The summed E-state index contributed by atoms with van der Waals surface area (Å²) >= 11 is 0. The van der Waals surface area contributed by atoms with Crippen LogP contribution in [0, 0.1) is 11.8 Å². The Morgan fingerprint density at radius 2 is 1.71 bits per heavy atom. The number of nitrogens with zero attached hydrogens (tertiary/aromatic N) is 1. The van der Waals surface area contributed by atoms with Gasteiger partial charge >= 0.3 is 5.97 Å².